The summed E-state index contributed by atoms with van der Waals surface area (Å²) in [7, 11) is 2.01. The lowest BCUT2D eigenvalue weighted by Gasteiger charge is -2.32. The van der Waals surface area contributed by atoms with Gasteiger partial charge in [0.25, 0.3) is 0 Å². The van der Waals surface area contributed by atoms with Gasteiger partial charge in [0.2, 0.25) is 5.91 Å². The van der Waals surface area contributed by atoms with Gasteiger partial charge in [-0.2, -0.15) is 0 Å². The van der Waals surface area contributed by atoms with Crippen molar-refractivity contribution in [2.24, 2.45) is 11.8 Å². The Balaban J connectivity index is 1.53. The average Bonchev–Trinajstić information content (AvgIpc) is 3.36. The first-order chi connectivity index (χ1) is 11.1. The first kappa shape index (κ1) is 16.5. The minimum atomic E-state index is 0.237. The number of likely N-dealkylation sites (tertiary alicyclic amines) is 1. The highest BCUT2D eigenvalue weighted by atomic mass is 16.2. The standard InChI is InChI=1S/C20H30N2O/c1-14(2)16-4-6-17(7-5-16)18-12-19(18)20(23)22-10-8-15(9-11-22)13-21-3/h4-7,14-15,18-19,21H,8-13H2,1-3H3. The number of benzene rings is 1. The Labute approximate surface area is 140 Å². The van der Waals surface area contributed by atoms with E-state index in [2.05, 4.69) is 48.3 Å². The van der Waals surface area contributed by atoms with Gasteiger partial charge in [0, 0.05) is 19.0 Å². The van der Waals surface area contributed by atoms with Crippen LogP contribution in [0.5, 0.6) is 0 Å². The van der Waals surface area contributed by atoms with E-state index in [1.807, 2.05) is 7.05 Å². The van der Waals surface area contributed by atoms with Crippen LogP contribution in [0.4, 0.5) is 0 Å². The van der Waals surface area contributed by atoms with E-state index in [-0.39, 0.29) is 5.92 Å². The summed E-state index contributed by atoms with van der Waals surface area (Å²) in [5.74, 6) is 2.40. The summed E-state index contributed by atoms with van der Waals surface area (Å²) in [6.07, 6.45) is 3.33. The van der Waals surface area contributed by atoms with Gasteiger partial charge in [-0.3, -0.25) is 4.79 Å². The number of nitrogens with zero attached hydrogens (tertiary/aromatic N) is 1. The second kappa shape index (κ2) is 7.04. The Kier molecular flexibility index (Phi) is 5.05. The van der Waals surface area contributed by atoms with Crippen LogP contribution >= 0.6 is 0 Å². The molecule has 2 atom stereocenters. The lowest BCUT2D eigenvalue weighted by atomic mass is 9.96. The van der Waals surface area contributed by atoms with Crippen LogP contribution in [0.3, 0.4) is 0 Å². The highest BCUT2D eigenvalue weighted by molar-refractivity contribution is 5.83. The minimum Gasteiger partial charge on any atom is -0.342 e. The van der Waals surface area contributed by atoms with Crippen molar-refractivity contribution < 1.29 is 4.79 Å². The molecule has 3 rings (SSSR count). The molecule has 3 heteroatoms. The molecule has 2 unspecified atom stereocenters. The van der Waals surface area contributed by atoms with Crippen LogP contribution in [0.25, 0.3) is 0 Å². The third-order valence-corrected chi connectivity index (χ3v) is 5.56. The SMILES string of the molecule is CNCC1CCN(C(=O)C2CC2c2ccc(C(C)C)cc2)CC1. The molecule has 126 valence electrons. The smallest absolute Gasteiger partial charge is 0.226 e. The number of carbonyl (C=O) groups is 1. The van der Waals surface area contributed by atoms with Crippen molar-refractivity contribution >= 4 is 5.91 Å². The van der Waals surface area contributed by atoms with E-state index < -0.39 is 0 Å². The molecule has 0 aromatic heterocycles. The number of amides is 1. The topological polar surface area (TPSA) is 32.3 Å². The van der Waals surface area contributed by atoms with Gasteiger partial charge >= 0.3 is 0 Å². The van der Waals surface area contributed by atoms with E-state index in [0.29, 0.717) is 17.7 Å². The Morgan fingerprint density at radius 3 is 2.43 bits per heavy atom. The van der Waals surface area contributed by atoms with Crippen LogP contribution in [-0.2, 0) is 4.79 Å². The van der Waals surface area contributed by atoms with E-state index in [4.69, 9.17) is 0 Å². The van der Waals surface area contributed by atoms with E-state index >= 15 is 0 Å². The molecular weight excluding hydrogens is 284 g/mol. The highest BCUT2D eigenvalue weighted by Crippen LogP contribution is 2.48. The predicted octanol–water partition coefficient (Wildman–Crippen LogP) is 3.37. The molecule has 0 bridgehead atoms. The summed E-state index contributed by atoms with van der Waals surface area (Å²) in [6, 6.07) is 8.91. The largest absolute Gasteiger partial charge is 0.342 e. The van der Waals surface area contributed by atoms with Gasteiger partial charge in [-0.1, -0.05) is 38.1 Å². The quantitative estimate of drug-likeness (QED) is 0.904. The van der Waals surface area contributed by atoms with Crippen LogP contribution in [0, 0.1) is 11.8 Å². The molecule has 3 nitrogen and oxygen atoms in total. The molecule has 23 heavy (non-hydrogen) atoms. The molecule has 2 fully saturated rings. The maximum Gasteiger partial charge on any atom is 0.226 e. The zero-order chi connectivity index (χ0) is 16.4. The average molecular weight is 314 g/mol. The van der Waals surface area contributed by atoms with Crippen molar-refractivity contribution in [1.82, 2.24) is 10.2 Å². The number of nitrogens with one attached hydrogen (secondary N) is 1. The van der Waals surface area contributed by atoms with Crippen molar-refractivity contribution in [2.45, 2.75) is 44.9 Å². The second-order valence-corrected chi connectivity index (χ2v) is 7.60. The lowest BCUT2D eigenvalue weighted by Crippen LogP contribution is -2.41. The molecule has 0 spiro atoms. The number of piperidine rings is 1. The highest BCUT2D eigenvalue weighted by Gasteiger charge is 2.46. The maximum atomic E-state index is 12.7. The third-order valence-electron chi connectivity index (χ3n) is 5.56. The molecule has 1 aromatic rings. The van der Waals surface area contributed by atoms with Crippen molar-refractivity contribution in [3.63, 3.8) is 0 Å². The van der Waals surface area contributed by atoms with Crippen LogP contribution in [0.1, 0.15) is 56.1 Å². The van der Waals surface area contributed by atoms with Gasteiger partial charge in [0.05, 0.1) is 0 Å². The summed E-state index contributed by atoms with van der Waals surface area (Å²) in [6.45, 7) is 7.41. The normalized spacial score (nSPS) is 25.0. The van der Waals surface area contributed by atoms with Gasteiger partial charge in [-0.05, 0) is 61.7 Å². The fraction of sp³-hybridized carbons (Fsp3) is 0.650. The molecule has 1 N–H and O–H groups in total. The van der Waals surface area contributed by atoms with E-state index in [9.17, 15) is 4.79 Å². The van der Waals surface area contributed by atoms with E-state index in [0.717, 1.165) is 44.8 Å². The molecule has 1 aliphatic carbocycles. The zero-order valence-corrected chi connectivity index (χ0v) is 14.7. The molecule has 1 saturated carbocycles. The summed E-state index contributed by atoms with van der Waals surface area (Å²) in [5, 5.41) is 3.25. The fourth-order valence-corrected chi connectivity index (χ4v) is 3.85. The summed E-state index contributed by atoms with van der Waals surface area (Å²) >= 11 is 0. The minimum absolute atomic E-state index is 0.237. The van der Waals surface area contributed by atoms with Crippen molar-refractivity contribution in [2.75, 3.05) is 26.7 Å². The fourth-order valence-electron chi connectivity index (χ4n) is 3.85. The van der Waals surface area contributed by atoms with Crippen molar-refractivity contribution in [1.29, 1.82) is 0 Å². The molecular formula is C20H30N2O. The van der Waals surface area contributed by atoms with Gasteiger partial charge in [0.15, 0.2) is 0 Å². The Hall–Kier alpha value is -1.35. The van der Waals surface area contributed by atoms with Gasteiger partial charge in [0.1, 0.15) is 0 Å². The summed E-state index contributed by atoms with van der Waals surface area (Å²) in [5.41, 5.74) is 2.72. The lowest BCUT2D eigenvalue weighted by molar-refractivity contribution is -0.134. The van der Waals surface area contributed by atoms with Gasteiger partial charge < -0.3 is 10.2 Å². The van der Waals surface area contributed by atoms with Crippen molar-refractivity contribution in [3.8, 4) is 0 Å². The molecule has 1 aromatic carbocycles. The number of hydrogen-bond donors (Lipinski definition) is 1. The Morgan fingerprint density at radius 2 is 1.87 bits per heavy atom. The van der Waals surface area contributed by atoms with Crippen molar-refractivity contribution in [3.05, 3.63) is 35.4 Å². The monoisotopic (exact) mass is 314 g/mol. The predicted molar refractivity (Wildman–Crippen MR) is 94.6 cm³/mol. The second-order valence-electron chi connectivity index (χ2n) is 7.60. The number of hydrogen-bond acceptors (Lipinski definition) is 2. The van der Waals surface area contributed by atoms with E-state index in [1.54, 1.807) is 0 Å². The van der Waals surface area contributed by atoms with Crippen LogP contribution < -0.4 is 5.32 Å². The van der Waals surface area contributed by atoms with Crippen LogP contribution in [0.15, 0.2) is 24.3 Å². The maximum absolute atomic E-state index is 12.7. The Bertz CT molecular complexity index is 529. The zero-order valence-electron chi connectivity index (χ0n) is 14.7. The van der Waals surface area contributed by atoms with Gasteiger partial charge in [-0.25, -0.2) is 0 Å². The van der Waals surface area contributed by atoms with Crippen LogP contribution in [0.2, 0.25) is 0 Å². The summed E-state index contributed by atoms with van der Waals surface area (Å²) < 4.78 is 0. The first-order valence-electron chi connectivity index (χ1n) is 9.13. The van der Waals surface area contributed by atoms with Crippen LogP contribution in [-0.4, -0.2) is 37.5 Å². The van der Waals surface area contributed by atoms with E-state index in [1.165, 1.54) is 11.1 Å². The molecule has 1 amide bonds. The number of carbonyl (C=O) groups excluding carboxylic acids is 1. The number of rotatable bonds is 5. The first-order valence-corrected chi connectivity index (χ1v) is 9.13. The third kappa shape index (κ3) is 3.77. The molecule has 2 aliphatic rings. The molecule has 1 aliphatic heterocycles. The molecule has 0 radical (unpaired) electrons. The Morgan fingerprint density at radius 1 is 1.22 bits per heavy atom. The summed E-state index contributed by atoms with van der Waals surface area (Å²) in [4.78, 5) is 14.8. The molecule has 1 heterocycles. The van der Waals surface area contributed by atoms with Gasteiger partial charge in [-0.15, -0.1) is 0 Å². The molecule has 1 saturated heterocycles.